The Hall–Kier alpha value is -3.07. The molecule has 0 aliphatic rings. The maximum Gasteiger partial charge on any atom is 0.328 e. The molecule has 0 saturated carbocycles. The molecule has 0 aliphatic carbocycles. The van der Waals surface area contributed by atoms with E-state index in [2.05, 4.69) is 4.98 Å². The highest BCUT2D eigenvalue weighted by Crippen LogP contribution is 2.31. The number of hydrogen-bond acceptors (Lipinski definition) is 7. The molecular weight excluding hydrogens is 382 g/mol. The molecule has 0 spiro atoms. The summed E-state index contributed by atoms with van der Waals surface area (Å²) in [6, 6.07) is 5.17. The minimum absolute atomic E-state index is 0.0257. The van der Waals surface area contributed by atoms with E-state index in [1.807, 2.05) is 6.92 Å². The summed E-state index contributed by atoms with van der Waals surface area (Å²) in [7, 11) is 0. The molecule has 3 aromatic rings. The van der Waals surface area contributed by atoms with Crippen LogP contribution in [0.3, 0.4) is 0 Å². The van der Waals surface area contributed by atoms with Crippen LogP contribution < -0.4 is 5.56 Å². The van der Waals surface area contributed by atoms with Gasteiger partial charge >= 0.3 is 5.97 Å². The van der Waals surface area contributed by atoms with E-state index in [9.17, 15) is 19.7 Å². The highest BCUT2D eigenvalue weighted by Gasteiger charge is 2.21. The second-order valence-corrected chi connectivity index (χ2v) is 7.15. The third kappa shape index (κ3) is 3.79. The molecule has 0 fully saturated rings. The molecule has 3 rings (SSSR count). The molecule has 0 aliphatic heterocycles. The maximum atomic E-state index is 13.0. The molecule has 1 atom stereocenters. The number of carbonyl (C=O) groups excluding carboxylic acids is 1. The zero-order valence-electron chi connectivity index (χ0n) is 15.5. The van der Waals surface area contributed by atoms with Crippen molar-refractivity contribution in [2.24, 2.45) is 0 Å². The fourth-order valence-electron chi connectivity index (χ4n) is 2.75. The van der Waals surface area contributed by atoms with Gasteiger partial charge in [-0.2, -0.15) is 0 Å². The molecular formula is C19H19N3O5S. The first-order valence-electron chi connectivity index (χ1n) is 8.83. The van der Waals surface area contributed by atoms with E-state index in [0.29, 0.717) is 28.0 Å². The van der Waals surface area contributed by atoms with Gasteiger partial charge in [0.1, 0.15) is 10.9 Å². The van der Waals surface area contributed by atoms with E-state index < -0.39 is 16.9 Å². The van der Waals surface area contributed by atoms with Gasteiger partial charge in [0.25, 0.3) is 11.2 Å². The Morgan fingerprint density at radius 3 is 2.71 bits per heavy atom. The number of unbranched alkanes of at least 4 members (excludes halogenated alkanes) is 1. The first-order valence-corrected chi connectivity index (χ1v) is 9.71. The van der Waals surface area contributed by atoms with E-state index in [1.54, 1.807) is 24.4 Å². The van der Waals surface area contributed by atoms with Crippen LogP contribution in [0.1, 0.15) is 32.7 Å². The SMILES string of the molecule is CCCCOC(=O)C(C)n1cnc2scc(-c3ccc([N+](=O)[O-])cc3)c2c1=O. The first-order chi connectivity index (χ1) is 13.4. The number of nitro benzene ring substituents is 1. The molecule has 1 unspecified atom stereocenters. The summed E-state index contributed by atoms with van der Waals surface area (Å²) in [5.74, 6) is -0.483. The Balaban J connectivity index is 1.99. The number of fused-ring (bicyclic) bond motifs is 1. The van der Waals surface area contributed by atoms with Crippen LogP contribution in [0.2, 0.25) is 0 Å². The summed E-state index contributed by atoms with van der Waals surface area (Å²) < 4.78 is 6.47. The lowest BCUT2D eigenvalue weighted by Gasteiger charge is -2.14. The smallest absolute Gasteiger partial charge is 0.328 e. The van der Waals surface area contributed by atoms with Crippen LogP contribution in [0.25, 0.3) is 21.3 Å². The van der Waals surface area contributed by atoms with Crippen molar-refractivity contribution in [1.29, 1.82) is 0 Å². The highest BCUT2D eigenvalue weighted by atomic mass is 32.1. The minimum atomic E-state index is -0.800. The van der Waals surface area contributed by atoms with Crippen LogP contribution >= 0.6 is 11.3 Å². The van der Waals surface area contributed by atoms with E-state index >= 15 is 0 Å². The lowest BCUT2D eigenvalue weighted by Crippen LogP contribution is -2.29. The highest BCUT2D eigenvalue weighted by molar-refractivity contribution is 7.17. The van der Waals surface area contributed by atoms with Gasteiger partial charge in [-0.05, 0) is 31.0 Å². The first kappa shape index (κ1) is 19.7. The third-order valence-corrected chi connectivity index (χ3v) is 5.30. The van der Waals surface area contributed by atoms with Crippen LogP contribution in [0.5, 0.6) is 0 Å². The van der Waals surface area contributed by atoms with Crippen LogP contribution in [-0.2, 0) is 9.53 Å². The Morgan fingerprint density at radius 1 is 1.36 bits per heavy atom. The average molecular weight is 401 g/mol. The van der Waals surface area contributed by atoms with Gasteiger partial charge < -0.3 is 4.74 Å². The molecule has 2 aromatic heterocycles. The number of nitrogens with zero attached hydrogens (tertiary/aromatic N) is 3. The van der Waals surface area contributed by atoms with Crippen LogP contribution in [0, 0.1) is 10.1 Å². The van der Waals surface area contributed by atoms with Crippen LogP contribution in [-0.4, -0.2) is 27.1 Å². The van der Waals surface area contributed by atoms with Crippen molar-refractivity contribution in [3.63, 3.8) is 0 Å². The molecule has 2 heterocycles. The normalized spacial score (nSPS) is 12.1. The monoisotopic (exact) mass is 401 g/mol. The number of esters is 1. The molecule has 0 N–H and O–H groups in total. The Morgan fingerprint density at radius 2 is 2.07 bits per heavy atom. The Kier molecular flexibility index (Phi) is 5.84. The van der Waals surface area contributed by atoms with Gasteiger partial charge in [0.15, 0.2) is 0 Å². The van der Waals surface area contributed by atoms with Gasteiger partial charge in [0.05, 0.1) is 23.2 Å². The third-order valence-electron chi connectivity index (χ3n) is 4.41. The second-order valence-electron chi connectivity index (χ2n) is 6.29. The van der Waals surface area contributed by atoms with Crippen molar-refractivity contribution in [2.75, 3.05) is 6.61 Å². The summed E-state index contributed by atoms with van der Waals surface area (Å²) in [5.41, 5.74) is 0.932. The van der Waals surface area contributed by atoms with Gasteiger partial charge in [0, 0.05) is 23.1 Å². The summed E-state index contributed by atoms with van der Waals surface area (Å²) in [5, 5.41) is 13.0. The summed E-state index contributed by atoms with van der Waals surface area (Å²) in [4.78, 5) is 40.5. The number of ether oxygens (including phenoxy) is 1. The average Bonchev–Trinajstić information content (AvgIpc) is 3.13. The summed E-state index contributed by atoms with van der Waals surface area (Å²) in [6.45, 7) is 3.91. The lowest BCUT2D eigenvalue weighted by molar-refractivity contribution is -0.384. The van der Waals surface area contributed by atoms with Crippen molar-refractivity contribution in [3.05, 3.63) is 56.4 Å². The quantitative estimate of drug-likeness (QED) is 0.257. The fraction of sp³-hybridized carbons (Fsp3) is 0.316. The predicted octanol–water partition coefficient (Wildman–Crippen LogP) is 3.94. The van der Waals surface area contributed by atoms with Gasteiger partial charge in [-0.15, -0.1) is 11.3 Å². The summed E-state index contributed by atoms with van der Waals surface area (Å²) in [6.07, 6.45) is 3.02. The van der Waals surface area contributed by atoms with E-state index in [-0.39, 0.29) is 11.2 Å². The van der Waals surface area contributed by atoms with Crippen LogP contribution in [0.4, 0.5) is 5.69 Å². The second kappa shape index (κ2) is 8.30. The van der Waals surface area contributed by atoms with Crippen molar-refractivity contribution in [1.82, 2.24) is 9.55 Å². The van der Waals surface area contributed by atoms with Gasteiger partial charge in [0.2, 0.25) is 0 Å². The number of hydrogen-bond donors (Lipinski definition) is 0. The van der Waals surface area contributed by atoms with Crippen molar-refractivity contribution in [3.8, 4) is 11.1 Å². The number of carbonyl (C=O) groups is 1. The number of aromatic nitrogens is 2. The number of rotatable bonds is 7. The minimum Gasteiger partial charge on any atom is -0.464 e. The van der Waals surface area contributed by atoms with E-state index in [4.69, 9.17) is 4.74 Å². The van der Waals surface area contributed by atoms with E-state index in [1.165, 1.54) is 34.4 Å². The van der Waals surface area contributed by atoms with Crippen molar-refractivity contribution >= 4 is 33.2 Å². The van der Waals surface area contributed by atoms with Gasteiger partial charge in [-0.25, -0.2) is 9.78 Å². The van der Waals surface area contributed by atoms with E-state index in [0.717, 1.165) is 12.8 Å². The molecule has 0 radical (unpaired) electrons. The predicted molar refractivity (Wildman–Crippen MR) is 107 cm³/mol. The van der Waals surface area contributed by atoms with Gasteiger partial charge in [-0.3, -0.25) is 19.5 Å². The molecule has 9 heteroatoms. The Labute approximate surface area is 164 Å². The number of non-ortho nitro benzene ring substituents is 1. The number of nitro groups is 1. The van der Waals surface area contributed by atoms with Crippen LogP contribution in [0.15, 0.2) is 40.8 Å². The molecule has 8 nitrogen and oxygen atoms in total. The molecule has 146 valence electrons. The number of thiophene rings is 1. The fourth-order valence-corrected chi connectivity index (χ4v) is 3.65. The molecule has 1 aromatic carbocycles. The molecule has 0 saturated heterocycles. The largest absolute Gasteiger partial charge is 0.464 e. The Bertz CT molecular complexity index is 1070. The zero-order valence-corrected chi connectivity index (χ0v) is 16.3. The lowest BCUT2D eigenvalue weighted by atomic mass is 10.1. The molecule has 0 bridgehead atoms. The standard InChI is InChI=1S/C19H19N3O5S/c1-3-4-9-27-19(24)12(2)21-11-20-17-16(18(21)23)15(10-28-17)13-5-7-14(8-6-13)22(25)26/h5-8,10-12H,3-4,9H2,1-2H3. The summed E-state index contributed by atoms with van der Waals surface area (Å²) >= 11 is 1.30. The maximum absolute atomic E-state index is 13.0. The number of benzene rings is 1. The molecule has 0 amide bonds. The topological polar surface area (TPSA) is 104 Å². The molecule has 28 heavy (non-hydrogen) atoms. The zero-order chi connectivity index (χ0) is 20.3. The van der Waals surface area contributed by atoms with Gasteiger partial charge in [-0.1, -0.05) is 13.3 Å². The van der Waals surface area contributed by atoms with Crippen molar-refractivity contribution < 1.29 is 14.5 Å². The van der Waals surface area contributed by atoms with Crippen molar-refractivity contribution in [2.45, 2.75) is 32.7 Å².